The first-order chi connectivity index (χ1) is 9.78. The summed E-state index contributed by atoms with van der Waals surface area (Å²) >= 11 is 0. The molecular formula is C15H12N4O. The quantitative estimate of drug-likeness (QED) is 0.714. The lowest BCUT2D eigenvalue weighted by molar-refractivity contribution is -0.111. The Morgan fingerprint density at radius 2 is 2.15 bits per heavy atom. The highest BCUT2D eigenvalue weighted by molar-refractivity contribution is 5.99. The molecule has 5 nitrogen and oxygen atoms in total. The number of aromatic amines is 1. The Bertz CT molecular complexity index is 791. The summed E-state index contributed by atoms with van der Waals surface area (Å²) in [5, 5.41) is 11.0. The Balaban J connectivity index is 2.04. The minimum atomic E-state index is -0.268. The average molecular weight is 264 g/mol. The largest absolute Gasteiger partial charge is 0.321 e. The topological polar surface area (TPSA) is 70.7 Å². The number of benzene rings is 1. The Labute approximate surface area is 115 Å². The van der Waals surface area contributed by atoms with Crippen LogP contribution in [0.25, 0.3) is 22.2 Å². The normalized spacial score (nSPS) is 10.4. The SMILES string of the molecule is C=CC(=O)Nc1cncc(-c2n[nH]c3ccccc23)c1. The fourth-order valence-corrected chi connectivity index (χ4v) is 2.01. The van der Waals surface area contributed by atoms with E-state index in [1.54, 1.807) is 12.4 Å². The van der Waals surface area contributed by atoms with Gasteiger partial charge in [0.15, 0.2) is 0 Å². The number of carbonyl (C=O) groups excluding carboxylic acids is 1. The summed E-state index contributed by atoms with van der Waals surface area (Å²) in [4.78, 5) is 15.4. The lowest BCUT2D eigenvalue weighted by Gasteiger charge is -2.03. The zero-order chi connectivity index (χ0) is 13.9. The van der Waals surface area contributed by atoms with Crippen molar-refractivity contribution >= 4 is 22.5 Å². The summed E-state index contributed by atoms with van der Waals surface area (Å²) < 4.78 is 0. The third kappa shape index (κ3) is 2.16. The Morgan fingerprint density at radius 1 is 1.30 bits per heavy atom. The molecule has 3 rings (SSSR count). The molecule has 1 aromatic carbocycles. The van der Waals surface area contributed by atoms with Crippen molar-refractivity contribution in [2.75, 3.05) is 5.32 Å². The zero-order valence-corrected chi connectivity index (χ0v) is 10.6. The van der Waals surface area contributed by atoms with E-state index in [0.29, 0.717) is 5.69 Å². The smallest absolute Gasteiger partial charge is 0.247 e. The van der Waals surface area contributed by atoms with E-state index in [1.807, 2.05) is 30.3 Å². The van der Waals surface area contributed by atoms with Crippen LogP contribution in [0.4, 0.5) is 5.69 Å². The molecule has 0 bridgehead atoms. The van der Waals surface area contributed by atoms with Crippen LogP contribution in [0.1, 0.15) is 0 Å². The molecular weight excluding hydrogens is 252 g/mol. The number of H-pyrrole nitrogens is 1. The fraction of sp³-hybridized carbons (Fsp3) is 0. The van der Waals surface area contributed by atoms with Crippen molar-refractivity contribution in [3.8, 4) is 11.3 Å². The predicted molar refractivity (Wildman–Crippen MR) is 78.2 cm³/mol. The van der Waals surface area contributed by atoms with E-state index in [4.69, 9.17) is 0 Å². The first-order valence-corrected chi connectivity index (χ1v) is 6.10. The minimum absolute atomic E-state index is 0.268. The zero-order valence-electron chi connectivity index (χ0n) is 10.6. The number of hydrogen-bond donors (Lipinski definition) is 2. The summed E-state index contributed by atoms with van der Waals surface area (Å²) in [6, 6.07) is 9.68. The van der Waals surface area contributed by atoms with Gasteiger partial charge < -0.3 is 5.32 Å². The van der Waals surface area contributed by atoms with Crippen LogP contribution >= 0.6 is 0 Å². The highest BCUT2D eigenvalue weighted by Gasteiger charge is 2.09. The molecule has 2 heterocycles. The van der Waals surface area contributed by atoms with Gasteiger partial charge in [0, 0.05) is 17.1 Å². The molecule has 0 aliphatic heterocycles. The first kappa shape index (κ1) is 12.1. The second kappa shape index (κ2) is 4.97. The molecule has 20 heavy (non-hydrogen) atoms. The number of amides is 1. The van der Waals surface area contributed by atoms with Gasteiger partial charge in [0.2, 0.25) is 5.91 Å². The Kier molecular flexibility index (Phi) is 3.01. The van der Waals surface area contributed by atoms with Crippen LogP contribution in [0, 0.1) is 0 Å². The average Bonchev–Trinajstić information content (AvgIpc) is 2.91. The molecule has 0 atom stereocenters. The predicted octanol–water partition coefficient (Wildman–Crippen LogP) is 2.75. The molecule has 0 spiro atoms. The van der Waals surface area contributed by atoms with Crippen molar-refractivity contribution in [3.63, 3.8) is 0 Å². The number of rotatable bonds is 3. The van der Waals surface area contributed by atoms with Crippen molar-refractivity contribution in [1.29, 1.82) is 0 Å². The van der Waals surface area contributed by atoms with E-state index in [9.17, 15) is 4.79 Å². The van der Waals surface area contributed by atoms with Crippen molar-refractivity contribution in [2.24, 2.45) is 0 Å². The van der Waals surface area contributed by atoms with E-state index in [0.717, 1.165) is 22.2 Å². The number of nitrogens with one attached hydrogen (secondary N) is 2. The molecule has 0 radical (unpaired) electrons. The monoisotopic (exact) mass is 264 g/mol. The molecule has 1 amide bonds. The molecule has 0 aliphatic rings. The highest BCUT2D eigenvalue weighted by Crippen LogP contribution is 2.26. The molecule has 0 unspecified atom stereocenters. The lowest BCUT2D eigenvalue weighted by Crippen LogP contribution is -2.07. The van der Waals surface area contributed by atoms with Crippen LogP contribution in [-0.2, 0) is 4.79 Å². The molecule has 3 aromatic rings. The van der Waals surface area contributed by atoms with Gasteiger partial charge in [-0.3, -0.25) is 14.9 Å². The van der Waals surface area contributed by atoms with Crippen molar-refractivity contribution < 1.29 is 4.79 Å². The molecule has 98 valence electrons. The van der Waals surface area contributed by atoms with Gasteiger partial charge >= 0.3 is 0 Å². The second-order valence-electron chi connectivity index (χ2n) is 4.27. The molecule has 2 aromatic heterocycles. The summed E-state index contributed by atoms with van der Waals surface area (Å²) in [5.41, 5.74) is 3.22. The fourth-order valence-electron chi connectivity index (χ4n) is 2.01. The van der Waals surface area contributed by atoms with Gasteiger partial charge in [0.05, 0.1) is 17.4 Å². The van der Waals surface area contributed by atoms with Crippen molar-refractivity contribution in [2.45, 2.75) is 0 Å². The molecule has 5 heteroatoms. The highest BCUT2D eigenvalue weighted by atomic mass is 16.1. The van der Waals surface area contributed by atoms with E-state index in [2.05, 4.69) is 27.1 Å². The standard InChI is InChI=1S/C15H12N4O/c1-2-14(20)17-11-7-10(8-16-9-11)15-12-5-3-4-6-13(12)18-19-15/h2-9H,1H2,(H,17,20)(H,18,19). The van der Waals surface area contributed by atoms with Crippen LogP contribution in [0.3, 0.4) is 0 Å². The summed E-state index contributed by atoms with van der Waals surface area (Å²) in [6.45, 7) is 3.42. The van der Waals surface area contributed by atoms with E-state index in [1.165, 1.54) is 6.08 Å². The number of nitrogens with zero attached hydrogens (tertiary/aromatic N) is 2. The van der Waals surface area contributed by atoms with Crippen LogP contribution in [0.5, 0.6) is 0 Å². The molecule has 0 saturated carbocycles. The summed E-state index contributed by atoms with van der Waals surface area (Å²) in [5.74, 6) is -0.268. The minimum Gasteiger partial charge on any atom is -0.321 e. The number of carbonyl (C=O) groups is 1. The third-order valence-electron chi connectivity index (χ3n) is 2.93. The maximum absolute atomic E-state index is 11.3. The van der Waals surface area contributed by atoms with E-state index in [-0.39, 0.29) is 5.91 Å². The van der Waals surface area contributed by atoms with Gasteiger partial charge in [-0.05, 0) is 18.2 Å². The number of anilines is 1. The van der Waals surface area contributed by atoms with Gasteiger partial charge in [-0.1, -0.05) is 24.8 Å². The van der Waals surface area contributed by atoms with Gasteiger partial charge in [0.25, 0.3) is 0 Å². The maximum Gasteiger partial charge on any atom is 0.247 e. The van der Waals surface area contributed by atoms with Crippen LogP contribution in [0.15, 0.2) is 55.4 Å². The van der Waals surface area contributed by atoms with E-state index >= 15 is 0 Å². The number of fused-ring (bicyclic) bond motifs is 1. The molecule has 2 N–H and O–H groups in total. The molecule has 0 saturated heterocycles. The van der Waals surface area contributed by atoms with Gasteiger partial charge in [-0.25, -0.2) is 0 Å². The van der Waals surface area contributed by atoms with Crippen molar-refractivity contribution in [3.05, 3.63) is 55.4 Å². The third-order valence-corrected chi connectivity index (χ3v) is 2.93. The second-order valence-corrected chi connectivity index (χ2v) is 4.27. The molecule has 0 fully saturated rings. The number of pyridine rings is 1. The number of aromatic nitrogens is 3. The van der Waals surface area contributed by atoms with Crippen molar-refractivity contribution in [1.82, 2.24) is 15.2 Å². The Hall–Kier alpha value is -2.95. The number of para-hydroxylation sites is 1. The van der Waals surface area contributed by atoms with E-state index < -0.39 is 0 Å². The Morgan fingerprint density at radius 3 is 3.00 bits per heavy atom. The molecule has 0 aliphatic carbocycles. The maximum atomic E-state index is 11.3. The van der Waals surface area contributed by atoms with Gasteiger partial charge in [0.1, 0.15) is 5.69 Å². The first-order valence-electron chi connectivity index (χ1n) is 6.10. The summed E-state index contributed by atoms with van der Waals surface area (Å²) in [6.07, 6.45) is 4.52. The number of hydrogen-bond acceptors (Lipinski definition) is 3. The lowest BCUT2D eigenvalue weighted by atomic mass is 10.1. The van der Waals surface area contributed by atoms with Gasteiger partial charge in [-0.2, -0.15) is 5.10 Å². The summed E-state index contributed by atoms with van der Waals surface area (Å²) in [7, 11) is 0. The van der Waals surface area contributed by atoms with Crippen LogP contribution < -0.4 is 5.32 Å². The van der Waals surface area contributed by atoms with Gasteiger partial charge in [-0.15, -0.1) is 0 Å². The van der Waals surface area contributed by atoms with Crippen LogP contribution in [0.2, 0.25) is 0 Å². The van der Waals surface area contributed by atoms with Crippen LogP contribution in [-0.4, -0.2) is 21.1 Å².